The molecule has 7 nitrogen and oxygen atoms in total. The van der Waals surface area contributed by atoms with E-state index < -0.39 is 22.8 Å². The molecule has 0 bridgehead atoms. The number of nitrogens with zero attached hydrogens (tertiary/aromatic N) is 2. The molecule has 0 unspecified atom stereocenters. The summed E-state index contributed by atoms with van der Waals surface area (Å²) in [6.07, 6.45) is 4.60. The topological polar surface area (TPSA) is 98.6 Å². The monoisotopic (exact) mass is 443 g/mol. The summed E-state index contributed by atoms with van der Waals surface area (Å²) in [5, 5.41) is 20.9. The minimum absolute atomic E-state index is 0. The average Bonchev–Trinajstić information content (AvgIpc) is 3.26. The van der Waals surface area contributed by atoms with E-state index >= 15 is 0 Å². The van der Waals surface area contributed by atoms with E-state index in [1.165, 1.54) is 18.5 Å². The molecule has 0 radical (unpaired) electrons. The van der Waals surface area contributed by atoms with Crippen molar-refractivity contribution < 1.29 is 15.0 Å². The van der Waals surface area contributed by atoms with Gasteiger partial charge in [0.05, 0.1) is 5.69 Å². The van der Waals surface area contributed by atoms with Crippen molar-refractivity contribution in [2.24, 2.45) is 7.05 Å². The third kappa shape index (κ3) is 3.51. The van der Waals surface area contributed by atoms with Crippen molar-refractivity contribution in [2.45, 2.75) is 38.6 Å². The highest BCUT2D eigenvalue weighted by Crippen LogP contribution is 2.38. The maximum Gasteiger partial charge on any atom is 0.345 e. The fourth-order valence-electron chi connectivity index (χ4n) is 5.00. The highest BCUT2D eigenvalue weighted by molar-refractivity contribution is 5.93. The van der Waals surface area contributed by atoms with E-state index in [1.807, 2.05) is 0 Å². The number of hydrogen-bond acceptors (Lipinski definition) is 4. The van der Waals surface area contributed by atoms with E-state index in [1.54, 1.807) is 0 Å². The van der Waals surface area contributed by atoms with Gasteiger partial charge in [0.1, 0.15) is 5.75 Å². The fraction of sp³-hybridized carbons (Fsp3) is 0.391. The Morgan fingerprint density at radius 3 is 2.58 bits per heavy atom. The number of H-pyrrole nitrogens is 1. The van der Waals surface area contributed by atoms with Gasteiger partial charge >= 0.3 is 5.97 Å². The second kappa shape index (κ2) is 8.05. The van der Waals surface area contributed by atoms with Gasteiger partial charge in [-0.25, -0.2) is 4.79 Å². The number of benzene rings is 1. The lowest BCUT2D eigenvalue weighted by Crippen LogP contribution is -2.20. The summed E-state index contributed by atoms with van der Waals surface area (Å²) in [5.74, 6) is -1.82. The fourth-order valence-corrected chi connectivity index (χ4v) is 5.00. The van der Waals surface area contributed by atoms with E-state index in [0.29, 0.717) is 17.7 Å². The molecule has 2 aromatic heterocycles. The standard InChI is InChI=1S/C23H25N3O4.ClH/c1-25-15(12-26-7-2-3-8-26)9-14-10-17-13(11-18(14)25)5-4-6-16-20(17)24-22(28)19(21(16)27)23(29)30;/h9-11H,2-8,12H2,1H3,(H,29,30)(H2,24,27,28);1H. The van der Waals surface area contributed by atoms with E-state index in [0.717, 1.165) is 54.5 Å². The number of fused-ring (bicyclic) bond motifs is 4. The Morgan fingerprint density at radius 2 is 1.87 bits per heavy atom. The first-order valence-electron chi connectivity index (χ1n) is 10.5. The van der Waals surface area contributed by atoms with E-state index in [2.05, 4.69) is 39.7 Å². The second-order valence-electron chi connectivity index (χ2n) is 8.44. The lowest BCUT2D eigenvalue weighted by Gasteiger charge is -2.15. The molecule has 5 rings (SSSR count). The first-order chi connectivity index (χ1) is 14.4. The molecule has 3 heterocycles. The molecular weight excluding hydrogens is 418 g/mol. The number of carboxylic acid groups (broad SMARTS) is 1. The van der Waals surface area contributed by atoms with Gasteiger partial charge < -0.3 is 19.8 Å². The summed E-state index contributed by atoms with van der Waals surface area (Å²) in [5.41, 5.74) is 4.09. The van der Waals surface area contributed by atoms with Crippen LogP contribution in [0.1, 0.15) is 46.4 Å². The molecule has 0 saturated carbocycles. The number of likely N-dealkylation sites (tertiary alicyclic amines) is 1. The number of aromatic carboxylic acids is 1. The van der Waals surface area contributed by atoms with Crippen molar-refractivity contribution in [1.29, 1.82) is 0 Å². The highest BCUT2D eigenvalue weighted by Gasteiger charge is 2.26. The predicted octanol–water partition coefficient (Wildman–Crippen LogP) is 3.44. The molecule has 0 amide bonds. The lowest BCUT2D eigenvalue weighted by atomic mass is 9.98. The van der Waals surface area contributed by atoms with Crippen LogP contribution in [-0.2, 0) is 26.4 Å². The van der Waals surface area contributed by atoms with Crippen molar-refractivity contribution >= 4 is 29.3 Å². The molecule has 1 fully saturated rings. The summed E-state index contributed by atoms with van der Waals surface area (Å²) in [6, 6.07) is 6.44. The number of hydrogen-bond donors (Lipinski definition) is 3. The number of aryl methyl sites for hydroxylation is 2. The Bertz CT molecular complexity index is 1240. The van der Waals surface area contributed by atoms with Gasteiger partial charge in [0, 0.05) is 41.3 Å². The zero-order chi connectivity index (χ0) is 21.0. The van der Waals surface area contributed by atoms with Crippen molar-refractivity contribution in [3.8, 4) is 17.0 Å². The SMILES string of the molecule is Cl.Cn1c(CN2CCCC2)cc2cc3c(cc21)CCCc1c-3[nH]c(=O)c(C(=O)O)c1O. The average molecular weight is 444 g/mol. The van der Waals surface area contributed by atoms with Gasteiger partial charge in [-0.15, -0.1) is 12.4 Å². The Labute approximate surface area is 185 Å². The number of pyridine rings is 1. The minimum Gasteiger partial charge on any atom is -0.506 e. The molecule has 31 heavy (non-hydrogen) atoms. The first kappa shape index (κ1) is 21.5. The van der Waals surface area contributed by atoms with Crippen LogP contribution in [0.15, 0.2) is 23.0 Å². The summed E-state index contributed by atoms with van der Waals surface area (Å²) in [4.78, 5) is 29.0. The number of halogens is 1. The van der Waals surface area contributed by atoms with E-state index in [-0.39, 0.29) is 12.4 Å². The molecule has 164 valence electrons. The largest absolute Gasteiger partial charge is 0.506 e. The Balaban J connectivity index is 0.00000231. The van der Waals surface area contributed by atoms with Crippen LogP contribution < -0.4 is 5.56 Å². The molecule has 1 aromatic carbocycles. The maximum atomic E-state index is 12.4. The van der Waals surface area contributed by atoms with Gasteiger partial charge in [0.2, 0.25) is 0 Å². The van der Waals surface area contributed by atoms with Gasteiger partial charge in [0.15, 0.2) is 5.56 Å². The lowest BCUT2D eigenvalue weighted by molar-refractivity contribution is 0.0691. The molecule has 1 aliphatic heterocycles. The van der Waals surface area contributed by atoms with Crippen LogP contribution in [0.25, 0.3) is 22.2 Å². The van der Waals surface area contributed by atoms with Gasteiger partial charge in [-0.2, -0.15) is 0 Å². The molecule has 1 aliphatic carbocycles. The summed E-state index contributed by atoms with van der Waals surface area (Å²) in [6.45, 7) is 3.20. The third-order valence-electron chi connectivity index (χ3n) is 6.60. The van der Waals surface area contributed by atoms with Crippen molar-refractivity contribution in [3.05, 3.63) is 50.9 Å². The number of carbonyl (C=O) groups is 1. The van der Waals surface area contributed by atoms with E-state index in [4.69, 9.17) is 0 Å². The maximum absolute atomic E-state index is 12.4. The van der Waals surface area contributed by atoms with Crippen molar-refractivity contribution in [2.75, 3.05) is 13.1 Å². The Hall–Kier alpha value is -2.77. The van der Waals surface area contributed by atoms with Crippen LogP contribution in [0, 0.1) is 0 Å². The normalized spacial score (nSPS) is 15.9. The van der Waals surface area contributed by atoms with Gasteiger partial charge in [-0.05, 0) is 69.0 Å². The molecule has 0 atom stereocenters. The van der Waals surface area contributed by atoms with Crippen LogP contribution in [0.2, 0.25) is 0 Å². The van der Waals surface area contributed by atoms with Crippen LogP contribution in [0.5, 0.6) is 5.75 Å². The van der Waals surface area contributed by atoms with Crippen LogP contribution >= 0.6 is 12.4 Å². The smallest absolute Gasteiger partial charge is 0.345 e. The Morgan fingerprint density at radius 1 is 1.13 bits per heavy atom. The number of carboxylic acids is 1. The van der Waals surface area contributed by atoms with Gasteiger partial charge in [0.25, 0.3) is 5.56 Å². The summed E-state index contributed by atoms with van der Waals surface area (Å²) < 4.78 is 2.24. The zero-order valence-corrected chi connectivity index (χ0v) is 18.2. The number of aromatic hydroxyl groups is 1. The van der Waals surface area contributed by atoms with Crippen LogP contribution in [0.4, 0.5) is 0 Å². The molecule has 3 N–H and O–H groups in total. The number of aromatic nitrogens is 2. The molecule has 1 saturated heterocycles. The number of rotatable bonds is 3. The van der Waals surface area contributed by atoms with E-state index in [9.17, 15) is 19.8 Å². The zero-order valence-electron chi connectivity index (χ0n) is 17.4. The van der Waals surface area contributed by atoms with Crippen molar-refractivity contribution in [1.82, 2.24) is 14.5 Å². The summed E-state index contributed by atoms with van der Waals surface area (Å²) >= 11 is 0. The predicted molar refractivity (Wildman–Crippen MR) is 121 cm³/mol. The van der Waals surface area contributed by atoms with Gasteiger partial charge in [-0.1, -0.05) is 0 Å². The number of nitrogens with one attached hydrogen (secondary N) is 1. The molecule has 3 aromatic rings. The van der Waals surface area contributed by atoms with Crippen LogP contribution in [0.3, 0.4) is 0 Å². The molecule has 8 heteroatoms. The first-order valence-corrected chi connectivity index (χ1v) is 10.5. The molecule has 2 aliphatic rings. The molecular formula is C23H26ClN3O4. The van der Waals surface area contributed by atoms with Crippen LogP contribution in [-0.4, -0.2) is 43.7 Å². The summed E-state index contributed by atoms with van der Waals surface area (Å²) in [7, 11) is 2.09. The minimum atomic E-state index is -1.41. The van der Waals surface area contributed by atoms with Crippen molar-refractivity contribution in [3.63, 3.8) is 0 Å². The second-order valence-corrected chi connectivity index (χ2v) is 8.44. The van der Waals surface area contributed by atoms with Gasteiger partial charge in [-0.3, -0.25) is 9.69 Å². The Kier molecular flexibility index (Phi) is 5.58. The molecule has 0 spiro atoms. The quantitative estimate of drug-likeness (QED) is 0.576. The third-order valence-corrected chi connectivity index (χ3v) is 6.60. The number of aromatic amines is 1. The highest BCUT2D eigenvalue weighted by atomic mass is 35.5.